The number of benzene rings is 2. The van der Waals surface area contributed by atoms with Crippen LogP contribution >= 0.6 is 0 Å². The molecule has 1 saturated heterocycles. The number of imidazole rings is 1. The lowest BCUT2D eigenvalue weighted by Gasteiger charge is -2.12. The van der Waals surface area contributed by atoms with Gasteiger partial charge in [0.2, 0.25) is 0 Å². The van der Waals surface area contributed by atoms with Crippen molar-refractivity contribution in [2.75, 3.05) is 13.7 Å². The van der Waals surface area contributed by atoms with Crippen LogP contribution in [-0.4, -0.2) is 35.3 Å². The molecule has 27 heavy (non-hydrogen) atoms. The third kappa shape index (κ3) is 3.80. The number of aromatic nitrogens is 2. The highest BCUT2D eigenvalue weighted by molar-refractivity contribution is 5.78. The molecule has 3 aromatic rings. The van der Waals surface area contributed by atoms with E-state index in [0.717, 1.165) is 41.9 Å². The van der Waals surface area contributed by atoms with Crippen LogP contribution in [0.4, 0.5) is 0 Å². The van der Waals surface area contributed by atoms with Crippen LogP contribution in [0.2, 0.25) is 0 Å². The smallest absolute Gasteiger partial charge is 0.308 e. The molecule has 1 aliphatic heterocycles. The molecule has 0 amide bonds. The largest absolute Gasteiger partial charge is 0.497 e. The van der Waals surface area contributed by atoms with E-state index < -0.39 is 0 Å². The minimum atomic E-state index is -0.254. The van der Waals surface area contributed by atoms with Crippen molar-refractivity contribution < 1.29 is 19.0 Å². The second-order valence-corrected chi connectivity index (χ2v) is 6.55. The van der Waals surface area contributed by atoms with Crippen LogP contribution in [0.15, 0.2) is 48.5 Å². The normalized spacial score (nSPS) is 16.6. The van der Waals surface area contributed by atoms with E-state index in [1.807, 2.05) is 53.1 Å². The number of carbonyl (C=O) groups is 1. The minimum Gasteiger partial charge on any atom is -0.497 e. The van der Waals surface area contributed by atoms with Crippen molar-refractivity contribution in [2.24, 2.45) is 0 Å². The quantitative estimate of drug-likeness (QED) is 0.623. The Bertz CT molecular complexity index is 927. The molecule has 0 unspecified atom stereocenters. The number of hydrogen-bond acceptors (Lipinski definition) is 5. The summed E-state index contributed by atoms with van der Waals surface area (Å²) in [4.78, 5) is 16.8. The van der Waals surface area contributed by atoms with Crippen LogP contribution in [0.25, 0.3) is 16.7 Å². The van der Waals surface area contributed by atoms with E-state index >= 15 is 0 Å². The van der Waals surface area contributed by atoms with Gasteiger partial charge in [-0.05, 0) is 49.2 Å². The number of para-hydroxylation sites is 2. The van der Waals surface area contributed by atoms with Crippen molar-refractivity contribution in [1.29, 1.82) is 0 Å². The standard InChI is InChI=1S/C21H22N2O4/c1-25-16-10-8-15(9-11-16)23-19-7-3-2-6-18(19)22-20(23)14-27-21(24)13-17-5-4-12-26-17/h2-3,6-11,17H,4-5,12-14H2,1H3/t17-/m1/s1. The van der Waals surface area contributed by atoms with Crippen molar-refractivity contribution in [3.8, 4) is 11.4 Å². The predicted molar refractivity (Wildman–Crippen MR) is 101 cm³/mol. The molecule has 6 nitrogen and oxygen atoms in total. The van der Waals surface area contributed by atoms with E-state index in [9.17, 15) is 4.79 Å². The number of esters is 1. The number of fused-ring (bicyclic) bond motifs is 1. The van der Waals surface area contributed by atoms with Crippen LogP contribution < -0.4 is 4.74 Å². The Labute approximate surface area is 157 Å². The number of carbonyl (C=O) groups excluding carboxylic acids is 1. The summed E-state index contributed by atoms with van der Waals surface area (Å²) in [5.74, 6) is 1.21. The van der Waals surface area contributed by atoms with Crippen molar-refractivity contribution in [3.05, 3.63) is 54.4 Å². The molecule has 4 rings (SSSR count). The number of ether oxygens (including phenoxy) is 3. The molecule has 1 aliphatic rings. The summed E-state index contributed by atoms with van der Waals surface area (Å²) < 4.78 is 18.3. The molecule has 0 spiro atoms. The molecular formula is C21H22N2O4. The summed E-state index contributed by atoms with van der Waals surface area (Å²) in [6.07, 6.45) is 2.20. The molecule has 0 N–H and O–H groups in total. The highest BCUT2D eigenvalue weighted by Gasteiger charge is 2.21. The first-order valence-electron chi connectivity index (χ1n) is 9.12. The van der Waals surface area contributed by atoms with Crippen molar-refractivity contribution in [1.82, 2.24) is 9.55 Å². The van der Waals surface area contributed by atoms with Crippen molar-refractivity contribution in [2.45, 2.75) is 32.0 Å². The van der Waals surface area contributed by atoms with Gasteiger partial charge in [-0.1, -0.05) is 12.1 Å². The molecule has 2 heterocycles. The summed E-state index contributed by atoms with van der Waals surface area (Å²) in [6, 6.07) is 15.6. The first kappa shape index (κ1) is 17.5. The zero-order valence-corrected chi connectivity index (χ0v) is 15.3. The zero-order valence-electron chi connectivity index (χ0n) is 15.3. The predicted octanol–water partition coefficient (Wildman–Crippen LogP) is 3.65. The van der Waals surface area contributed by atoms with E-state index in [4.69, 9.17) is 14.2 Å². The van der Waals surface area contributed by atoms with E-state index in [0.29, 0.717) is 12.2 Å². The first-order chi connectivity index (χ1) is 13.2. The van der Waals surface area contributed by atoms with Gasteiger partial charge in [0.25, 0.3) is 0 Å². The highest BCUT2D eigenvalue weighted by atomic mass is 16.5. The van der Waals surface area contributed by atoms with Gasteiger partial charge in [0.1, 0.15) is 12.4 Å². The minimum absolute atomic E-state index is 0.0158. The molecule has 2 aromatic carbocycles. The summed E-state index contributed by atoms with van der Waals surface area (Å²) in [5.41, 5.74) is 2.76. The van der Waals surface area contributed by atoms with Crippen LogP contribution in [-0.2, 0) is 20.9 Å². The van der Waals surface area contributed by atoms with Gasteiger partial charge in [0.05, 0.1) is 30.7 Å². The van der Waals surface area contributed by atoms with Crippen LogP contribution in [0, 0.1) is 0 Å². The average molecular weight is 366 g/mol. The van der Waals surface area contributed by atoms with Crippen molar-refractivity contribution in [3.63, 3.8) is 0 Å². The summed E-state index contributed by atoms with van der Waals surface area (Å²) in [6.45, 7) is 0.845. The van der Waals surface area contributed by atoms with Crippen molar-refractivity contribution >= 4 is 17.0 Å². The Hall–Kier alpha value is -2.86. The lowest BCUT2D eigenvalue weighted by molar-refractivity contribution is -0.147. The highest BCUT2D eigenvalue weighted by Crippen LogP contribution is 2.24. The molecule has 0 saturated carbocycles. The summed E-state index contributed by atoms with van der Waals surface area (Å²) in [7, 11) is 1.64. The maximum atomic E-state index is 12.2. The molecule has 1 atom stereocenters. The molecule has 0 aliphatic carbocycles. The molecule has 0 radical (unpaired) electrons. The maximum absolute atomic E-state index is 12.2. The van der Waals surface area contributed by atoms with Gasteiger partial charge in [-0.2, -0.15) is 0 Å². The van der Waals surface area contributed by atoms with Gasteiger partial charge in [0.15, 0.2) is 5.82 Å². The lowest BCUT2D eigenvalue weighted by atomic mass is 10.2. The maximum Gasteiger partial charge on any atom is 0.308 e. The van der Waals surface area contributed by atoms with E-state index in [-0.39, 0.29) is 18.7 Å². The van der Waals surface area contributed by atoms with E-state index in [1.54, 1.807) is 7.11 Å². The Kier molecular flexibility index (Phi) is 5.07. The molecule has 1 fully saturated rings. The molecule has 1 aromatic heterocycles. The Morgan fingerprint density at radius 3 is 2.78 bits per heavy atom. The Balaban J connectivity index is 1.58. The molecule has 6 heteroatoms. The fraction of sp³-hybridized carbons (Fsp3) is 0.333. The summed E-state index contributed by atoms with van der Waals surface area (Å²) >= 11 is 0. The fourth-order valence-corrected chi connectivity index (χ4v) is 3.39. The number of methoxy groups -OCH3 is 1. The second kappa shape index (κ2) is 7.80. The third-order valence-corrected chi connectivity index (χ3v) is 4.74. The third-order valence-electron chi connectivity index (χ3n) is 4.74. The SMILES string of the molecule is COc1ccc(-n2c(COC(=O)C[C@H]3CCCO3)nc3ccccc32)cc1. The topological polar surface area (TPSA) is 62.6 Å². The van der Waals surface area contributed by atoms with E-state index in [2.05, 4.69) is 4.98 Å². The van der Waals surface area contributed by atoms with Gasteiger partial charge in [0, 0.05) is 12.3 Å². The lowest BCUT2D eigenvalue weighted by Crippen LogP contribution is -2.16. The molecule has 0 bridgehead atoms. The second-order valence-electron chi connectivity index (χ2n) is 6.55. The van der Waals surface area contributed by atoms with Crippen LogP contribution in [0.5, 0.6) is 5.75 Å². The van der Waals surface area contributed by atoms with Gasteiger partial charge < -0.3 is 14.2 Å². The average Bonchev–Trinajstić information content (AvgIpc) is 3.33. The van der Waals surface area contributed by atoms with Gasteiger partial charge >= 0.3 is 5.97 Å². The molecular weight excluding hydrogens is 344 g/mol. The molecule has 140 valence electrons. The van der Waals surface area contributed by atoms with Gasteiger partial charge in [-0.3, -0.25) is 9.36 Å². The first-order valence-corrected chi connectivity index (χ1v) is 9.12. The van der Waals surface area contributed by atoms with Crippen LogP contribution in [0.3, 0.4) is 0 Å². The van der Waals surface area contributed by atoms with Crippen LogP contribution in [0.1, 0.15) is 25.1 Å². The Morgan fingerprint density at radius 1 is 1.22 bits per heavy atom. The summed E-state index contributed by atoms with van der Waals surface area (Å²) in [5, 5.41) is 0. The Morgan fingerprint density at radius 2 is 2.04 bits per heavy atom. The fourth-order valence-electron chi connectivity index (χ4n) is 3.39. The number of nitrogens with zero attached hydrogens (tertiary/aromatic N) is 2. The monoisotopic (exact) mass is 366 g/mol. The van der Waals surface area contributed by atoms with Gasteiger partial charge in [-0.15, -0.1) is 0 Å². The number of rotatable bonds is 6. The zero-order chi connectivity index (χ0) is 18.6. The number of hydrogen-bond donors (Lipinski definition) is 0. The van der Waals surface area contributed by atoms with E-state index in [1.165, 1.54) is 0 Å². The van der Waals surface area contributed by atoms with Gasteiger partial charge in [-0.25, -0.2) is 4.98 Å².